The fraction of sp³-hybridized carbons (Fsp3) is 0.182. The van der Waals surface area contributed by atoms with Crippen LogP contribution < -0.4 is 0 Å². The average Bonchev–Trinajstić information content (AvgIpc) is 2.47. The Balaban J connectivity index is 2.53. The number of hydrogen-bond acceptors (Lipinski definition) is 2. The molecule has 2 aromatic heterocycles. The van der Waals surface area contributed by atoms with Crippen LogP contribution in [0.1, 0.15) is 9.75 Å². The predicted octanol–water partition coefficient (Wildman–Crippen LogP) is 3.43. The summed E-state index contributed by atoms with van der Waals surface area (Å²) in [5, 5.41) is 0. The Kier molecular flexibility index (Phi) is 2.15. The van der Waals surface area contributed by atoms with Crippen molar-refractivity contribution in [3.05, 3.63) is 40.2 Å². The summed E-state index contributed by atoms with van der Waals surface area (Å²) < 4.78 is 0. The molecule has 0 fully saturated rings. The van der Waals surface area contributed by atoms with E-state index in [4.69, 9.17) is 0 Å². The molecule has 0 saturated carbocycles. The lowest BCUT2D eigenvalue weighted by Crippen LogP contribution is -1.79. The van der Waals surface area contributed by atoms with E-state index >= 15 is 0 Å². The number of rotatable bonds is 1. The average molecular weight is 189 g/mol. The molecule has 0 aromatic carbocycles. The Morgan fingerprint density at radius 1 is 1.23 bits per heavy atom. The first-order chi connectivity index (χ1) is 6.27. The number of nitrogens with zero attached hydrogens (tertiary/aromatic N) is 1. The minimum atomic E-state index is 1.07. The molecule has 0 amide bonds. The SMILES string of the molecule is Cc1cc(-c2ccccn2)c(C)s1. The smallest absolute Gasteiger partial charge is 0.0713 e. The van der Waals surface area contributed by atoms with Crippen molar-refractivity contribution < 1.29 is 0 Å². The van der Waals surface area contributed by atoms with Crippen molar-refractivity contribution in [3.8, 4) is 11.3 Å². The summed E-state index contributed by atoms with van der Waals surface area (Å²) in [7, 11) is 0. The molecular formula is C11H11NS. The van der Waals surface area contributed by atoms with Gasteiger partial charge >= 0.3 is 0 Å². The van der Waals surface area contributed by atoms with Gasteiger partial charge in [0.2, 0.25) is 0 Å². The number of pyridine rings is 1. The highest BCUT2D eigenvalue weighted by Gasteiger charge is 2.05. The molecule has 0 aliphatic rings. The van der Waals surface area contributed by atoms with E-state index in [1.54, 1.807) is 0 Å². The van der Waals surface area contributed by atoms with Gasteiger partial charge in [-0.1, -0.05) is 6.07 Å². The van der Waals surface area contributed by atoms with Crippen LogP contribution in [0.15, 0.2) is 30.5 Å². The molecule has 2 aromatic rings. The van der Waals surface area contributed by atoms with Crippen LogP contribution in [0.3, 0.4) is 0 Å². The van der Waals surface area contributed by atoms with E-state index in [9.17, 15) is 0 Å². The van der Waals surface area contributed by atoms with Crippen molar-refractivity contribution in [1.29, 1.82) is 0 Å². The predicted molar refractivity (Wildman–Crippen MR) is 57.0 cm³/mol. The van der Waals surface area contributed by atoms with Crippen molar-refractivity contribution in [1.82, 2.24) is 4.98 Å². The molecule has 0 aliphatic carbocycles. The molecule has 66 valence electrons. The van der Waals surface area contributed by atoms with E-state index < -0.39 is 0 Å². The van der Waals surface area contributed by atoms with E-state index in [0.29, 0.717) is 0 Å². The van der Waals surface area contributed by atoms with Crippen LogP contribution in [0.4, 0.5) is 0 Å². The van der Waals surface area contributed by atoms with Crippen molar-refractivity contribution in [2.45, 2.75) is 13.8 Å². The highest BCUT2D eigenvalue weighted by atomic mass is 32.1. The van der Waals surface area contributed by atoms with Gasteiger partial charge in [-0.05, 0) is 32.0 Å². The summed E-state index contributed by atoms with van der Waals surface area (Å²) in [6.45, 7) is 4.27. The van der Waals surface area contributed by atoms with E-state index in [0.717, 1.165) is 5.69 Å². The highest BCUT2D eigenvalue weighted by Crippen LogP contribution is 2.28. The van der Waals surface area contributed by atoms with Crippen molar-refractivity contribution in [3.63, 3.8) is 0 Å². The van der Waals surface area contributed by atoms with Crippen LogP contribution in [0, 0.1) is 13.8 Å². The molecule has 0 bridgehead atoms. The van der Waals surface area contributed by atoms with Crippen LogP contribution in [0.5, 0.6) is 0 Å². The molecule has 0 N–H and O–H groups in total. The summed E-state index contributed by atoms with van der Waals surface area (Å²) >= 11 is 1.82. The molecule has 2 rings (SSSR count). The lowest BCUT2D eigenvalue weighted by Gasteiger charge is -1.96. The van der Waals surface area contributed by atoms with Crippen LogP contribution in [-0.4, -0.2) is 4.98 Å². The second-order valence-electron chi connectivity index (χ2n) is 3.04. The summed E-state index contributed by atoms with van der Waals surface area (Å²) in [5.41, 5.74) is 2.34. The molecule has 1 nitrogen and oxygen atoms in total. The molecular weight excluding hydrogens is 178 g/mol. The van der Waals surface area contributed by atoms with Gasteiger partial charge in [0.15, 0.2) is 0 Å². The van der Waals surface area contributed by atoms with E-state index in [1.165, 1.54) is 15.3 Å². The van der Waals surface area contributed by atoms with Crippen LogP contribution in [0.25, 0.3) is 11.3 Å². The van der Waals surface area contributed by atoms with Gasteiger partial charge < -0.3 is 0 Å². The maximum Gasteiger partial charge on any atom is 0.0713 e. The zero-order chi connectivity index (χ0) is 9.26. The van der Waals surface area contributed by atoms with Crippen molar-refractivity contribution in [2.75, 3.05) is 0 Å². The van der Waals surface area contributed by atoms with Gasteiger partial charge in [0.1, 0.15) is 0 Å². The maximum absolute atomic E-state index is 4.33. The van der Waals surface area contributed by atoms with Crippen molar-refractivity contribution >= 4 is 11.3 Å². The topological polar surface area (TPSA) is 12.9 Å². The first-order valence-electron chi connectivity index (χ1n) is 4.26. The van der Waals surface area contributed by atoms with Gasteiger partial charge in [0.25, 0.3) is 0 Å². The number of thiophene rings is 1. The second kappa shape index (κ2) is 3.30. The lowest BCUT2D eigenvalue weighted by molar-refractivity contribution is 1.32. The quantitative estimate of drug-likeness (QED) is 0.669. The zero-order valence-corrected chi connectivity index (χ0v) is 8.56. The standard InChI is InChI=1S/C11H11NS/c1-8-7-10(9(2)13-8)11-5-3-4-6-12-11/h3-7H,1-2H3. The molecule has 0 radical (unpaired) electrons. The molecule has 0 spiro atoms. The lowest BCUT2D eigenvalue weighted by atomic mass is 10.1. The molecule has 2 heteroatoms. The Morgan fingerprint density at radius 2 is 2.08 bits per heavy atom. The zero-order valence-electron chi connectivity index (χ0n) is 7.74. The molecule has 0 atom stereocenters. The summed E-state index contributed by atoms with van der Waals surface area (Å²) in [5.74, 6) is 0. The Hall–Kier alpha value is -1.15. The third-order valence-electron chi connectivity index (χ3n) is 1.98. The first kappa shape index (κ1) is 8.45. The maximum atomic E-state index is 4.33. The minimum absolute atomic E-state index is 1.07. The normalized spacial score (nSPS) is 10.3. The fourth-order valence-corrected chi connectivity index (χ4v) is 2.34. The largest absolute Gasteiger partial charge is 0.256 e. The number of hydrogen-bond donors (Lipinski definition) is 0. The molecule has 0 unspecified atom stereocenters. The highest BCUT2D eigenvalue weighted by molar-refractivity contribution is 7.12. The monoisotopic (exact) mass is 189 g/mol. The van der Waals surface area contributed by atoms with Gasteiger partial charge in [-0.15, -0.1) is 11.3 Å². The summed E-state index contributed by atoms with van der Waals surface area (Å²) in [6, 6.07) is 8.21. The first-order valence-corrected chi connectivity index (χ1v) is 5.07. The van der Waals surface area contributed by atoms with Gasteiger partial charge in [0.05, 0.1) is 5.69 Å². The number of aryl methyl sites for hydroxylation is 2. The van der Waals surface area contributed by atoms with Crippen LogP contribution in [0.2, 0.25) is 0 Å². The summed E-state index contributed by atoms with van der Waals surface area (Å²) in [6.07, 6.45) is 1.84. The second-order valence-corrected chi connectivity index (χ2v) is 4.50. The van der Waals surface area contributed by atoms with Gasteiger partial charge in [-0.25, -0.2) is 0 Å². The summed E-state index contributed by atoms with van der Waals surface area (Å²) in [4.78, 5) is 7.02. The molecule has 0 aliphatic heterocycles. The van der Waals surface area contributed by atoms with E-state index in [2.05, 4.69) is 31.0 Å². The van der Waals surface area contributed by atoms with Crippen LogP contribution >= 0.6 is 11.3 Å². The number of aromatic nitrogens is 1. The molecule has 0 saturated heterocycles. The van der Waals surface area contributed by atoms with Crippen molar-refractivity contribution in [2.24, 2.45) is 0 Å². The van der Waals surface area contributed by atoms with Crippen LogP contribution in [-0.2, 0) is 0 Å². The Labute approximate surface area is 82.1 Å². The third-order valence-corrected chi connectivity index (χ3v) is 2.95. The third kappa shape index (κ3) is 1.63. The van der Waals surface area contributed by atoms with Gasteiger partial charge in [-0.2, -0.15) is 0 Å². The fourth-order valence-electron chi connectivity index (χ4n) is 1.41. The Morgan fingerprint density at radius 3 is 2.62 bits per heavy atom. The van der Waals surface area contributed by atoms with Gasteiger partial charge in [-0.3, -0.25) is 4.98 Å². The Bertz CT molecular complexity index is 403. The molecule has 2 heterocycles. The molecule has 13 heavy (non-hydrogen) atoms. The van der Waals surface area contributed by atoms with E-state index in [1.807, 2.05) is 29.7 Å². The minimum Gasteiger partial charge on any atom is -0.256 e. The van der Waals surface area contributed by atoms with E-state index in [-0.39, 0.29) is 0 Å². The van der Waals surface area contributed by atoms with Gasteiger partial charge in [0, 0.05) is 21.5 Å².